The predicted molar refractivity (Wildman–Crippen MR) is 116 cm³/mol. The highest BCUT2D eigenvalue weighted by molar-refractivity contribution is 6.13. The lowest BCUT2D eigenvalue weighted by molar-refractivity contribution is -0.123. The van der Waals surface area contributed by atoms with E-state index in [1.807, 2.05) is 19.9 Å². The summed E-state index contributed by atoms with van der Waals surface area (Å²) in [7, 11) is 0. The van der Waals surface area contributed by atoms with E-state index in [0.29, 0.717) is 42.3 Å². The van der Waals surface area contributed by atoms with E-state index in [-0.39, 0.29) is 18.1 Å². The minimum Gasteiger partial charge on any atom is -0.490 e. The number of hydrogen-bond donors (Lipinski definition) is 1. The van der Waals surface area contributed by atoms with Crippen molar-refractivity contribution in [3.8, 4) is 11.5 Å². The van der Waals surface area contributed by atoms with Gasteiger partial charge in [-0.2, -0.15) is 0 Å². The average Bonchev–Trinajstić information content (AvgIpc) is 3.00. The zero-order valence-corrected chi connectivity index (χ0v) is 17.6. The Hall–Kier alpha value is -3.61. The van der Waals surface area contributed by atoms with Gasteiger partial charge in [0.25, 0.3) is 5.91 Å². The second kappa shape index (κ2) is 9.93. The number of ether oxygens (including phenoxy) is 2. The minimum absolute atomic E-state index is 0.0531. The van der Waals surface area contributed by atoms with Crippen LogP contribution in [0.2, 0.25) is 0 Å². The first-order chi connectivity index (χ1) is 15.0. The second-order valence-corrected chi connectivity index (χ2v) is 6.87. The number of benzene rings is 2. The monoisotopic (exact) mass is 424 g/mol. The number of amides is 3. The molecule has 2 aromatic rings. The van der Waals surface area contributed by atoms with Crippen LogP contribution in [-0.2, 0) is 17.8 Å². The summed E-state index contributed by atoms with van der Waals surface area (Å²) in [6.07, 6.45) is 3.93. The maximum Gasteiger partial charge on any atom is 0.329 e. The maximum absolute atomic E-state index is 13.1. The molecule has 0 bridgehead atoms. The first-order valence-corrected chi connectivity index (χ1v) is 10.1. The molecule has 0 atom stereocenters. The normalized spacial score (nSPS) is 14.7. The molecule has 1 fully saturated rings. The van der Waals surface area contributed by atoms with E-state index in [0.717, 1.165) is 10.5 Å². The van der Waals surface area contributed by atoms with Crippen LogP contribution in [0.3, 0.4) is 0 Å². The molecule has 0 unspecified atom stereocenters. The fourth-order valence-electron chi connectivity index (χ4n) is 3.30. The molecule has 0 aromatic heterocycles. The average molecular weight is 424 g/mol. The lowest BCUT2D eigenvalue weighted by atomic mass is 10.0. The zero-order chi connectivity index (χ0) is 22.4. The van der Waals surface area contributed by atoms with E-state index >= 15 is 0 Å². The Kier molecular flexibility index (Phi) is 7.07. The van der Waals surface area contributed by atoms with Crippen LogP contribution < -0.4 is 14.8 Å². The van der Waals surface area contributed by atoms with Crippen LogP contribution in [0.25, 0.3) is 6.08 Å². The molecule has 7 heteroatoms. The van der Waals surface area contributed by atoms with Gasteiger partial charge >= 0.3 is 6.03 Å². The lowest BCUT2D eigenvalue weighted by Crippen LogP contribution is -2.30. The summed E-state index contributed by atoms with van der Waals surface area (Å²) in [5, 5.41) is 2.61. The molecule has 1 saturated heterocycles. The molecule has 0 spiro atoms. The molecule has 3 amide bonds. The molecule has 31 heavy (non-hydrogen) atoms. The van der Waals surface area contributed by atoms with E-state index < -0.39 is 11.9 Å². The lowest BCUT2D eigenvalue weighted by Gasteiger charge is -2.16. The van der Waals surface area contributed by atoms with Crippen LogP contribution in [0.1, 0.15) is 30.5 Å². The number of hydrogen-bond acceptors (Lipinski definition) is 4. The van der Waals surface area contributed by atoms with Crippen molar-refractivity contribution < 1.29 is 23.5 Å². The molecule has 1 aliphatic heterocycles. The highest BCUT2D eigenvalue weighted by atomic mass is 19.1. The Morgan fingerprint density at radius 2 is 1.81 bits per heavy atom. The Bertz CT molecular complexity index is 1010. The molecule has 162 valence electrons. The van der Waals surface area contributed by atoms with Gasteiger partial charge in [-0.1, -0.05) is 18.2 Å². The molecule has 1 aliphatic rings. The van der Waals surface area contributed by atoms with Gasteiger partial charge in [0, 0.05) is 5.56 Å². The molecule has 1 N–H and O–H groups in total. The first-order valence-electron chi connectivity index (χ1n) is 10.1. The van der Waals surface area contributed by atoms with Gasteiger partial charge in [-0.05, 0) is 61.7 Å². The smallest absolute Gasteiger partial charge is 0.329 e. The van der Waals surface area contributed by atoms with Crippen molar-refractivity contribution in [3.05, 3.63) is 77.3 Å². The van der Waals surface area contributed by atoms with E-state index in [4.69, 9.17) is 9.47 Å². The highest BCUT2D eigenvalue weighted by Gasteiger charge is 2.33. The summed E-state index contributed by atoms with van der Waals surface area (Å²) in [5.41, 5.74) is 2.37. The highest BCUT2D eigenvalue weighted by Crippen LogP contribution is 2.35. The van der Waals surface area contributed by atoms with Crippen LogP contribution in [0.15, 0.2) is 54.8 Å². The van der Waals surface area contributed by atoms with Gasteiger partial charge < -0.3 is 14.8 Å². The standard InChI is InChI=1S/C24H25FN2O4/c1-4-7-18-12-17(14-21(30-5-2)22(18)31-6-3)13-20-23(28)27(24(29)26-20)15-16-8-10-19(25)11-9-16/h4,8-14H,1,5-7,15H2,2-3H3,(H,26,29)/b20-13-. The van der Waals surface area contributed by atoms with Gasteiger partial charge in [0.1, 0.15) is 11.5 Å². The molecule has 0 saturated carbocycles. The van der Waals surface area contributed by atoms with Crippen molar-refractivity contribution in [2.24, 2.45) is 0 Å². The van der Waals surface area contributed by atoms with Crippen LogP contribution in [0, 0.1) is 5.82 Å². The van der Waals surface area contributed by atoms with Crippen LogP contribution in [-0.4, -0.2) is 30.1 Å². The number of halogens is 1. The number of urea groups is 1. The molecule has 2 aromatic carbocycles. The number of carbonyl (C=O) groups excluding carboxylic acids is 2. The third-order valence-electron chi connectivity index (χ3n) is 4.63. The van der Waals surface area contributed by atoms with Crippen LogP contribution in [0.4, 0.5) is 9.18 Å². The van der Waals surface area contributed by atoms with Crippen molar-refractivity contribution in [3.63, 3.8) is 0 Å². The molecule has 3 rings (SSSR count). The zero-order valence-electron chi connectivity index (χ0n) is 17.6. The number of nitrogens with zero attached hydrogens (tertiary/aromatic N) is 1. The molecule has 0 radical (unpaired) electrons. The molecule has 6 nitrogen and oxygen atoms in total. The predicted octanol–water partition coefficient (Wildman–Crippen LogP) is 4.44. The van der Waals surface area contributed by atoms with Gasteiger partial charge in [0.2, 0.25) is 0 Å². The van der Waals surface area contributed by atoms with E-state index in [1.54, 1.807) is 30.4 Å². The topological polar surface area (TPSA) is 67.9 Å². The Morgan fingerprint density at radius 3 is 2.45 bits per heavy atom. The summed E-state index contributed by atoms with van der Waals surface area (Å²) < 4.78 is 24.6. The Labute approximate surface area is 181 Å². The van der Waals surface area contributed by atoms with Crippen molar-refractivity contribution in [1.82, 2.24) is 10.2 Å². The van der Waals surface area contributed by atoms with Gasteiger partial charge in [0.15, 0.2) is 11.5 Å². The number of carbonyl (C=O) groups is 2. The Balaban J connectivity index is 1.91. The van der Waals surface area contributed by atoms with Gasteiger partial charge in [-0.15, -0.1) is 6.58 Å². The molecular weight excluding hydrogens is 399 g/mol. The third kappa shape index (κ3) is 5.12. The second-order valence-electron chi connectivity index (χ2n) is 6.87. The van der Waals surface area contributed by atoms with Gasteiger partial charge in [0.05, 0.1) is 19.8 Å². The number of rotatable bonds is 9. The number of imide groups is 1. The molecule has 0 aliphatic carbocycles. The Morgan fingerprint density at radius 1 is 1.10 bits per heavy atom. The molecule has 1 heterocycles. The fourth-order valence-corrected chi connectivity index (χ4v) is 3.30. The fraction of sp³-hybridized carbons (Fsp3) is 0.250. The van der Waals surface area contributed by atoms with Crippen molar-refractivity contribution in [2.45, 2.75) is 26.8 Å². The van der Waals surface area contributed by atoms with Crippen molar-refractivity contribution in [1.29, 1.82) is 0 Å². The quantitative estimate of drug-likeness (QED) is 0.367. The third-order valence-corrected chi connectivity index (χ3v) is 4.63. The minimum atomic E-state index is -0.525. The summed E-state index contributed by atoms with van der Waals surface area (Å²) in [6, 6.07) is 8.80. The van der Waals surface area contributed by atoms with Crippen LogP contribution in [0.5, 0.6) is 11.5 Å². The van der Waals surface area contributed by atoms with Crippen molar-refractivity contribution >= 4 is 18.0 Å². The van der Waals surface area contributed by atoms with Crippen molar-refractivity contribution in [2.75, 3.05) is 13.2 Å². The summed E-state index contributed by atoms with van der Waals surface area (Å²) in [4.78, 5) is 26.3. The van der Waals surface area contributed by atoms with Gasteiger partial charge in [-0.25, -0.2) is 9.18 Å². The van der Waals surface area contributed by atoms with E-state index in [1.165, 1.54) is 12.1 Å². The number of allylic oxidation sites excluding steroid dienone is 1. The van der Waals surface area contributed by atoms with E-state index in [9.17, 15) is 14.0 Å². The first kappa shape index (κ1) is 22.1. The largest absolute Gasteiger partial charge is 0.490 e. The maximum atomic E-state index is 13.1. The SMILES string of the molecule is C=CCc1cc(/C=C2\NC(=O)N(Cc3ccc(F)cc3)C2=O)cc(OCC)c1OCC. The molecular formula is C24H25FN2O4. The van der Waals surface area contributed by atoms with Gasteiger partial charge in [-0.3, -0.25) is 9.69 Å². The summed E-state index contributed by atoms with van der Waals surface area (Å²) >= 11 is 0. The van der Waals surface area contributed by atoms with Crippen LogP contribution >= 0.6 is 0 Å². The summed E-state index contributed by atoms with van der Waals surface area (Å²) in [5.74, 6) is 0.380. The van der Waals surface area contributed by atoms with E-state index in [2.05, 4.69) is 11.9 Å². The number of nitrogens with one attached hydrogen (secondary N) is 1. The summed E-state index contributed by atoms with van der Waals surface area (Å²) in [6.45, 7) is 8.55.